The first-order valence-electron chi connectivity index (χ1n) is 4.69. The summed E-state index contributed by atoms with van der Waals surface area (Å²) in [7, 11) is 0. The second-order valence-electron chi connectivity index (χ2n) is 3.31. The number of pyridine rings is 1. The van der Waals surface area contributed by atoms with Crippen molar-refractivity contribution in [3.05, 3.63) is 42.0 Å². The summed E-state index contributed by atoms with van der Waals surface area (Å²) >= 11 is 0. The van der Waals surface area contributed by atoms with Crippen LogP contribution in [0.15, 0.2) is 35.7 Å². The van der Waals surface area contributed by atoms with Gasteiger partial charge in [-0.3, -0.25) is 9.98 Å². The summed E-state index contributed by atoms with van der Waals surface area (Å²) in [6, 6.07) is 3.83. The molecule has 0 saturated heterocycles. The van der Waals surface area contributed by atoms with Crippen LogP contribution in [-0.4, -0.2) is 21.2 Å². The van der Waals surface area contributed by atoms with Gasteiger partial charge in [0.05, 0.1) is 12.2 Å². The van der Waals surface area contributed by atoms with Crippen LogP contribution in [0.4, 0.5) is 0 Å². The smallest absolute Gasteiger partial charge is 0.161 e. The molecule has 0 radical (unpaired) electrons. The minimum absolute atomic E-state index is 0.658. The molecule has 0 aliphatic carbocycles. The molecule has 0 unspecified atom stereocenters. The first kappa shape index (κ1) is 8.23. The van der Waals surface area contributed by atoms with Crippen molar-refractivity contribution < 1.29 is 0 Å². The van der Waals surface area contributed by atoms with E-state index in [1.165, 1.54) is 0 Å². The summed E-state index contributed by atoms with van der Waals surface area (Å²) < 4.78 is 0. The van der Waals surface area contributed by atoms with Gasteiger partial charge in [-0.1, -0.05) is 0 Å². The maximum Gasteiger partial charge on any atom is 0.161 e. The fourth-order valence-electron chi connectivity index (χ4n) is 1.53. The molecule has 0 N–H and O–H groups in total. The summed E-state index contributed by atoms with van der Waals surface area (Å²) in [4.78, 5) is 16.9. The number of nitrogens with zero attached hydrogens (tertiary/aromatic N) is 4. The predicted molar refractivity (Wildman–Crippen MR) is 56.6 cm³/mol. The lowest BCUT2D eigenvalue weighted by Gasteiger charge is -2.01. The molecule has 0 spiro atoms. The van der Waals surface area contributed by atoms with Crippen LogP contribution in [0, 0.1) is 0 Å². The third-order valence-corrected chi connectivity index (χ3v) is 2.29. The lowest BCUT2D eigenvalue weighted by atomic mass is 10.2. The van der Waals surface area contributed by atoms with E-state index in [2.05, 4.69) is 19.9 Å². The number of aromatic nitrogens is 3. The van der Waals surface area contributed by atoms with Gasteiger partial charge in [0, 0.05) is 35.9 Å². The average molecular weight is 196 g/mol. The second-order valence-corrected chi connectivity index (χ2v) is 3.31. The minimum Gasteiger partial charge on any atom is -0.286 e. The fourth-order valence-corrected chi connectivity index (χ4v) is 1.53. The molecule has 1 aliphatic heterocycles. The molecular formula is C11H8N4. The number of rotatable bonds is 1. The van der Waals surface area contributed by atoms with Gasteiger partial charge in [0.25, 0.3) is 0 Å². The van der Waals surface area contributed by atoms with Crippen molar-refractivity contribution in [2.75, 3.05) is 0 Å². The van der Waals surface area contributed by atoms with Crippen LogP contribution in [0.1, 0.15) is 11.3 Å². The van der Waals surface area contributed by atoms with E-state index in [-0.39, 0.29) is 0 Å². The number of aliphatic imine (C=N–C) groups is 1. The van der Waals surface area contributed by atoms with E-state index in [0.29, 0.717) is 12.4 Å². The summed E-state index contributed by atoms with van der Waals surface area (Å²) in [6.07, 6.45) is 7.11. The van der Waals surface area contributed by atoms with Crippen molar-refractivity contribution in [1.82, 2.24) is 15.0 Å². The van der Waals surface area contributed by atoms with E-state index in [9.17, 15) is 0 Å². The zero-order chi connectivity index (χ0) is 10.1. The molecular weight excluding hydrogens is 188 g/mol. The fraction of sp³-hybridized carbons (Fsp3) is 0.0909. The van der Waals surface area contributed by atoms with Crippen LogP contribution in [0.3, 0.4) is 0 Å². The molecule has 72 valence electrons. The molecule has 0 atom stereocenters. The highest BCUT2D eigenvalue weighted by Gasteiger charge is 2.10. The molecule has 0 aromatic carbocycles. The summed E-state index contributed by atoms with van der Waals surface area (Å²) in [5.41, 5.74) is 2.94. The van der Waals surface area contributed by atoms with E-state index in [4.69, 9.17) is 0 Å². The number of fused-ring (bicyclic) bond motifs is 1. The average Bonchev–Trinajstić information content (AvgIpc) is 2.77. The van der Waals surface area contributed by atoms with E-state index in [0.717, 1.165) is 16.8 Å². The van der Waals surface area contributed by atoms with Gasteiger partial charge >= 0.3 is 0 Å². The lowest BCUT2D eigenvalue weighted by molar-refractivity contribution is 0.998. The van der Waals surface area contributed by atoms with E-state index in [1.54, 1.807) is 18.6 Å². The standard InChI is InChI=1S/C11H8N4/c1-2-8(4-12-3-1)11-14-6-9-5-13-7-10(9)15-11/h1-6H,7H2. The molecule has 0 bridgehead atoms. The van der Waals surface area contributed by atoms with E-state index < -0.39 is 0 Å². The molecule has 1 aliphatic rings. The molecule has 2 aromatic rings. The summed E-state index contributed by atoms with van der Waals surface area (Å²) in [5.74, 6) is 0.715. The zero-order valence-electron chi connectivity index (χ0n) is 7.96. The second kappa shape index (κ2) is 3.24. The Morgan fingerprint density at radius 3 is 3.07 bits per heavy atom. The maximum atomic E-state index is 4.45. The van der Waals surface area contributed by atoms with Crippen molar-refractivity contribution in [2.24, 2.45) is 4.99 Å². The molecule has 4 heteroatoms. The van der Waals surface area contributed by atoms with Gasteiger partial charge in [-0.05, 0) is 12.1 Å². The van der Waals surface area contributed by atoms with Crippen molar-refractivity contribution in [3.63, 3.8) is 0 Å². The van der Waals surface area contributed by atoms with Gasteiger partial charge in [-0.15, -0.1) is 0 Å². The van der Waals surface area contributed by atoms with Crippen LogP contribution in [0.25, 0.3) is 11.4 Å². The Balaban J connectivity index is 2.09. The third-order valence-electron chi connectivity index (χ3n) is 2.29. The van der Waals surface area contributed by atoms with Gasteiger partial charge < -0.3 is 0 Å². The normalized spacial score (nSPS) is 12.8. The molecule has 3 heterocycles. The minimum atomic E-state index is 0.658. The predicted octanol–water partition coefficient (Wildman–Crippen LogP) is 1.47. The quantitative estimate of drug-likeness (QED) is 0.694. The first-order valence-corrected chi connectivity index (χ1v) is 4.69. The summed E-state index contributed by atoms with van der Waals surface area (Å²) in [6.45, 7) is 0.658. The van der Waals surface area contributed by atoms with Crippen LogP contribution >= 0.6 is 0 Å². The number of hydrogen-bond acceptors (Lipinski definition) is 4. The lowest BCUT2D eigenvalue weighted by Crippen LogP contribution is -1.96. The van der Waals surface area contributed by atoms with Crippen molar-refractivity contribution in [2.45, 2.75) is 6.54 Å². The largest absolute Gasteiger partial charge is 0.286 e. The Morgan fingerprint density at radius 1 is 1.20 bits per heavy atom. The SMILES string of the molecule is C1=NCc2nc(-c3cccnc3)ncc21. The zero-order valence-corrected chi connectivity index (χ0v) is 7.96. The first-order chi connectivity index (χ1) is 7.43. The Hall–Kier alpha value is -2.10. The van der Waals surface area contributed by atoms with Gasteiger partial charge in [-0.25, -0.2) is 9.97 Å². The van der Waals surface area contributed by atoms with Gasteiger partial charge in [0.1, 0.15) is 0 Å². The molecule has 2 aromatic heterocycles. The molecule has 4 nitrogen and oxygen atoms in total. The van der Waals surface area contributed by atoms with Crippen molar-refractivity contribution in [3.8, 4) is 11.4 Å². The highest BCUT2D eigenvalue weighted by Crippen LogP contribution is 2.17. The third kappa shape index (κ3) is 1.40. The Bertz CT molecular complexity index is 519. The van der Waals surface area contributed by atoms with Crippen LogP contribution < -0.4 is 0 Å². The topological polar surface area (TPSA) is 51.0 Å². The van der Waals surface area contributed by atoms with Crippen molar-refractivity contribution in [1.29, 1.82) is 0 Å². The van der Waals surface area contributed by atoms with Gasteiger partial charge in [0.15, 0.2) is 5.82 Å². The van der Waals surface area contributed by atoms with Crippen molar-refractivity contribution >= 4 is 6.21 Å². The summed E-state index contributed by atoms with van der Waals surface area (Å²) in [5, 5.41) is 0. The molecule has 0 fully saturated rings. The molecule has 0 saturated carbocycles. The van der Waals surface area contributed by atoms with Gasteiger partial charge in [-0.2, -0.15) is 0 Å². The Kier molecular flexibility index (Phi) is 1.78. The van der Waals surface area contributed by atoms with Crippen LogP contribution in [0.5, 0.6) is 0 Å². The highest BCUT2D eigenvalue weighted by atomic mass is 14.9. The Labute approximate surface area is 86.8 Å². The molecule has 3 rings (SSSR count). The van der Waals surface area contributed by atoms with Gasteiger partial charge in [0.2, 0.25) is 0 Å². The van der Waals surface area contributed by atoms with Crippen LogP contribution in [0.2, 0.25) is 0 Å². The Morgan fingerprint density at radius 2 is 2.20 bits per heavy atom. The maximum absolute atomic E-state index is 4.45. The monoisotopic (exact) mass is 196 g/mol. The van der Waals surface area contributed by atoms with E-state index >= 15 is 0 Å². The van der Waals surface area contributed by atoms with Crippen LogP contribution in [-0.2, 0) is 6.54 Å². The van der Waals surface area contributed by atoms with E-state index in [1.807, 2.05) is 18.3 Å². The molecule has 0 amide bonds. The molecule has 15 heavy (non-hydrogen) atoms. The number of hydrogen-bond donors (Lipinski definition) is 0. The highest BCUT2D eigenvalue weighted by molar-refractivity contribution is 5.83.